The predicted molar refractivity (Wildman–Crippen MR) is 59.7 cm³/mol. The van der Waals surface area contributed by atoms with Crippen molar-refractivity contribution in [2.75, 3.05) is 0 Å². The van der Waals surface area contributed by atoms with Gasteiger partial charge in [-0.3, -0.25) is 0 Å². The summed E-state index contributed by atoms with van der Waals surface area (Å²) in [7, 11) is -3.14. The molecule has 0 radical (unpaired) electrons. The summed E-state index contributed by atoms with van der Waals surface area (Å²) in [5, 5.41) is -0.405. The molecular formula is C10H9BrO2S. The lowest BCUT2D eigenvalue weighted by Crippen LogP contribution is -2.06. The second-order valence-corrected chi connectivity index (χ2v) is 6.67. The molecule has 1 unspecified atom stereocenters. The third-order valence-electron chi connectivity index (χ3n) is 2.31. The Hall–Kier alpha value is -0.610. The lowest BCUT2D eigenvalue weighted by Gasteiger charge is -2.09. The maximum atomic E-state index is 11.8. The van der Waals surface area contributed by atoms with Gasteiger partial charge in [-0.25, -0.2) is 8.42 Å². The van der Waals surface area contributed by atoms with Gasteiger partial charge in [0.2, 0.25) is 0 Å². The summed E-state index contributed by atoms with van der Waals surface area (Å²) in [6.45, 7) is 0. The minimum atomic E-state index is -3.14. The Kier molecular flexibility index (Phi) is 2.49. The average molecular weight is 273 g/mol. The Labute approximate surface area is 91.7 Å². The molecule has 2 rings (SSSR count). The Balaban J connectivity index is 2.42. The molecule has 2 nitrogen and oxygen atoms in total. The summed E-state index contributed by atoms with van der Waals surface area (Å²) in [6.07, 6.45) is 2.28. The van der Waals surface area contributed by atoms with Gasteiger partial charge in [0.05, 0.1) is 5.25 Å². The number of halogens is 1. The van der Waals surface area contributed by atoms with Crippen LogP contribution in [0.5, 0.6) is 0 Å². The first kappa shape index (κ1) is 9.93. The molecule has 1 aliphatic rings. The van der Waals surface area contributed by atoms with Gasteiger partial charge in [-0.1, -0.05) is 36.4 Å². The summed E-state index contributed by atoms with van der Waals surface area (Å²) in [4.78, 5) is 0. The summed E-state index contributed by atoms with van der Waals surface area (Å²) in [5.41, 5.74) is 0.859. The Morgan fingerprint density at radius 1 is 1.21 bits per heavy atom. The lowest BCUT2D eigenvalue weighted by atomic mass is 10.1. The highest BCUT2D eigenvalue weighted by Gasteiger charge is 2.33. The molecule has 0 spiro atoms. The van der Waals surface area contributed by atoms with Gasteiger partial charge in [0.15, 0.2) is 9.84 Å². The largest absolute Gasteiger partial charge is 0.223 e. The Morgan fingerprint density at radius 3 is 2.36 bits per heavy atom. The van der Waals surface area contributed by atoms with Crippen molar-refractivity contribution in [3.05, 3.63) is 45.8 Å². The highest BCUT2D eigenvalue weighted by atomic mass is 79.9. The molecule has 74 valence electrons. The molecule has 1 heterocycles. The second-order valence-electron chi connectivity index (χ2n) is 3.19. The fourth-order valence-electron chi connectivity index (χ4n) is 1.56. The van der Waals surface area contributed by atoms with Crippen LogP contribution < -0.4 is 0 Å². The summed E-state index contributed by atoms with van der Waals surface area (Å²) >= 11 is 3.07. The summed E-state index contributed by atoms with van der Waals surface area (Å²) in [6, 6.07) is 9.30. The van der Waals surface area contributed by atoms with Crippen LogP contribution >= 0.6 is 15.9 Å². The molecule has 0 bridgehead atoms. The molecule has 4 heteroatoms. The zero-order valence-corrected chi connectivity index (χ0v) is 9.75. The van der Waals surface area contributed by atoms with Crippen molar-refractivity contribution < 1.29 is 8.42 Å². The van der Waals surface area contributed by atoms with Gasteiger partial charge in [0.25, 0.3) is 0 Å². The normalized spacial score (nSPS) is 24.6. The van der Waals surface area contributed by atoms with Crippen LogP contribution in [0.25, 0.3) is 0 Å². The molecule has 0 saturated heterocycles. The van der Waals surface area contributed by atoms with Crippen molar-refractivity contribution in [1.82, 2.24) is 0 Å². The second kappa shape index (κ2) is 3.51. The predicted octanol–water partition coefficient (Wildman–Crippen LogP) is 2.78. The first-order valence-electron chi connectivity index (χ1n) is 4.27. The van der Waals surface area contributed by atoms with E-state index in [1.165, 1.54) is 0 Å². The molecule has 0 N–H and O–H groups in total. The van der Waals surface area contributed by atoms with Crippen LogP contribution in [0.4, 0.5) is 0 Å². The fraction of sp³-hybridized carbons (Fsp3) is 0.200. The van der Waals surface area contributed by atoms with E-state index in [1.54, 1.807) is 6.08 Å². The molecule has 1 aromatic rings. The van der Waals surface area contributed by atoms with Gasteiger partial charge >= 0.3 is 0 Å². The molecule has 14 heavy (non-hydrogen) atoms. The molecule has 0 aromatic heterocycles. The van der Waals surface area contributed by atoms with E-state index in [0.717, 1.165) is 5.56 Å². The van der Waals surface area contributed by atoms with Gasteiger partial charge in [0.1, 0.15) is 3.81 Å². The van der Waals surface area contributed by atoms with E-state index in [1.807, 2.05) is 30.3 Å². The van der Waals surface area contributed by atoms with Crippen molar-refractivity contribution in [3.8, 4) is 0 Å². The highest BCUT2D eigenvalue weighted by Crippen LogP contribution is 2.39. The van der Waals surface area contributed by atoms with E-state index in [9.17, 15) is 8.42 Å². The molecule has 1 atom stereocenters. The van der Waals surface area contributed by atoms with Gasteiger partial charge in [-0.05, 0) is 27.9 Å². The fourth-order valence-corrected chi connectivity index (χ4v) is 3.89. The van der Waals surface area contributed by atoms with E-state index in [-0.39, 0.29) is 0 Å². The molecule has 0 aliphatic carbocycles. The van der Waals surface area contributed by atoms with Crippen LogP contribution in [0.2, 0.25) is 0 Å². The molecule has 0 amide bonds. The third kappa shape index (κ3) is 1.53. The molecule has 1 aromatic carbocycles. The number of benzene rings is 1. The minimum absolute atomic E-state index is 0.318. The number of sulfone groups is 1. The Bertz CT molecular complexity index is 462. The van der Waals surface area contributed by atoms with Crippen LogP contribution in [-0.4, -0.2) is 8.42 Å². The van der Waals surface area contributed by atoms with Crippen molar-refractivity contribution in [2.45, 2.75) is 11.7 Å². The lowest BCUT2D eigenvalue weighted by molar-refractivity contribution is 0.594. The molecular weight excluding hydrogens is 264 g/mol. The summed E-state index contributed by atoms with van der Waals surface area (Å²) in [5.74, 6) is 0. The van der Waals surface area contributed by atoms with Gasteiger partial charge in [-0.15, -0.1) is 0 Å². The standard InChI is InChI=1S/C10H9BrO2S/c11-10-7-6-9(14(10,12)13)8-4-2-1-3-5-8/h1-5,7,9H,6H2. The zero-order chi connectivity index (χ0) is 10.2. The SMILES string of the molecule is O=S1(=O)C(Br)=CCC1c1ccccc1. The topological polar surface area (TPSA) is 34.1 Å². The molecule has 1 aliphatic heterocycles. The van der Waals surface area contributed by atoms with Gasteiger partial charge in [0, 0.05) is 0 Å². The van der Waals surface area contributed by atoms with E-state index < -0.39 is 15.1 Å². The number of rotatable bonds is 1. The average Bonchev–Trinajstić information content (AvgIpc) is 2.44. The van der Waals surface area contributed by atoms with Gasteiger partial charge < -0.3 is 0 Å². The first-order chi connectivity index (χ1) is 6.62. The third-order valence-corrected chi connectivity index (χ3v) is 5.91. The van der Waals surface area contributed by atoms with Crippen LogP contribution in [-0.2, 0) is 9.84 Å². The van der Waals surface area contributed by atoms with Crippen molar-refractivity contribution in [2.24, 2.45) is 0 Å². The zero-order valence-electron chi connectivity index (χ0n) is 7.35. The van der Waals surface area contributed by atoms with E-state index >= 15 is 0 Å². The Morgan fingerprint density at radius 2 is 1.86 bits per heavy atom. The minimum Gasteiger partial charge on any atom is -0.223 e. The number of allylic oxidation sites excluding steroid dienone is 1. The van der Waals surface area contributed by atoms with E-state index in [4.69, 9.17) is 0 Å². The first-order valence-corrected chi connectivity index (χ1v) is 6.61. The van der Waals surface area contributed by atoms with Crippen molar-refractivity contribution in [3.63, 3.8) is 0 Å². The smallest absolute Gasteiger partial charge is 0.191 e. The maximum absolute atomic E-state index is 11.8. The summed E-state index contributed by atoms with van der Waals surface area (Å²) < 4.78 is 23.9. The van der Waals surface area contributed by atoms with Crippen molar-refractivity contribution in [1.29, 1.82) is 0 Å². The van der Waals surface area contributed by atoms with Crippen LogP contribution in [0, 0.1) is 0 Å². The number of hydrogen-bond acceptors (Lipinski definition) is 2. The highest BCUT2D eigenvalue weighted by molar-refractivity contribution is 9.13. The van der Waals surface area contributed by atoms with Gasteiger partial charge in [-0.2, -0.15) is 0 Å². The quantitative estimate of drug-likeness (QED) is 0.788. The number of hydrogen-bond donors (Lipinski definition) is 0. The maximum Gasteiger partial charge on any atom is 0.191 e. The van der Waals surface area contributed by atoms with E-state index in [0.29, 0.717) is 10.2 Å². The van der Waals surface area contributed by atoms with Crippen LogP contribution in [0.3, 0.4) is 0 Å². The van der Waals surface area contributed by atoms with Crippen LogP contribution in [0.1, 0.15) is 17.2 Å². The van der Waals surface area contributed by atoms with Crippen molar-refractivity contribution >= 4 is 25.8 Å². The van der Waals surface area contributed by atoms with E-state index in [2.05, 4.69) is 15.9 Å². The van der Waals surface area contributed by atoms with Crippen LogP contribution in [0.15, 0.2) is 40.2 Å². The monoisotopic (exact) mass is 272 g/mol. The molecule has 0 fully saturated rings. The molecule has 0 saturated carbocycles.